The van der Waals surface area contributed by atoms with Gasteiger partial charge in [0, 0.05) is 25.8 Å². The van der Waals surface area contributed by atoms with Crippen LogP contribution < -0.4 is 16.0 Å². The van der Waals surface area contributed by atoms with Crippen molar-refractivity contribution in [3.63, 3.8) is 0 Å². The summed E-state index contributed by atoms with van der Waals surface area (Å²) in [5, 5.41) is 2.68. The molecule has 9 heteroatoms. The third-order valence-electron chi connectivity index (χ3n) is 7.40. The minimum Gasteiger partial charge on any atom is -0.383 e. The molecule has 2 aliphatic rings. The average Bonchev–Trinajstić information content (AvgIpc) is 2.86. The third kappa shape index (κ3) is 5.73. The molecule has 35 heavy (non-hydrogen) atoms. The van der Waals surface area contributed by atoms with Gasteiger partial charge in [0.2, 0.25) is 0 Å². The SMILES string of the molecule is Cc1cc(NC(=O)C(=O)N2C[C@@H](C)CCC2c2ccc(N(C)C3CCN(C)CC3)nc2)cnc1N. The van der Waals surface area contributed by atoms with E-state index in [9.17, 15) is 9.59 Å². The van der Waals surface area contributed by atoms with Crippen LogP contribution in [-0.2, 0) is 9.59 Å². The van der Waals surface area contributed by atoms with Crippen molar-refractivity contribution in [1.29, 1.82) is 0 Å². The molecule has 4 heterocycles. The van der Waals surface area contributed by atoms with Crippen LogP contribution >= 0.6 is 0 Å². The van der Waals surface area contributed by atoms with E-state index in [1.807, 2.05) is 19.2 Å². The molecule has 0 radical (unpaired) electrons. The molecule has 2 atom stereocenters. The summed E-state index contributed by atoms with van der Waals surface area (Å²) in [6, 6.07) is 6.11. The highest BCUT2D eigenvalue weighted by molar-refractivity contribution is 6.39. The summed E-state index contributed by atoms with van der Waals surface area (Å²) in [6.07, 6.45) is 7.37. The number of likely N-dealkylation sites (tertiary alicyclic amines) is 2. The van der Waals surface area contributed by atoms with E-state index in [-0.39, 0.29) is 6.04 Å². The van der Waals surface area contributed by atoms with Crippen LogP contribution in [-0.4, -0.2) is 71.4 Å². The molecule has 2 amide bonds. The zero-order chi connectivity index (χ0) is 25.1. The Kier molecular flexibility index (Phi) is 7.54. The van der Waals surface area contributed by atoms with Gasteiger partial charge < -0.3 is 25.8 Å². The summed E-state index contributed by atoms with van der Waals surface area (Å²) in [7, 11) is 4.27. The van der Waals surface area contributed by atoms with Gasteiger partial charge in [-0.2, -0.15) is 0 Å². The fraction of sp³-hybridized carbons (Fsp3) is 0.538. The molecule has 9 nitrogen and oxygen atoms in total. The number of nitrogen functional groups attached to an aromatic ring is 1. The number of aryl methyl sites for hydroxylation is 1. The van der Waals surface area contributed by atoms with Crippen LogP contribution in [0.15, 0.2) is 30.6 Å². The number of nitrogens with two attached hydrogens (primary N) is 1. The second kappa shape index (κ2) is 10.6. The molecule has 0 aliphatic carbocycles. The molecular weight excluding hydrogens is 442 g/mol. The number of carbonyl (C=O) groups is 2. The standard InChI is InChI=1S/C26H37N7O2/c1-17-5-7-22(19-6-8-23(28-14-19)32(4)21-9-11-31(3)12-10-21)33(16-17)26(35)25(34)30-20-13-18(2)24(27)29-15-20/h6,8,13-15,17,21-22H,5,7,9-12,16H2,1-4H3,(H2,27,29)(H,30,34)/t17-,22?/m0/s1. The minimum atomic E-state index is -0.665. The minimum absolute atomic E-state index is 0.175. The Bertz CT molecular complexity index is 1050. The predicted octanol–water partition coefficient (Wildman–Crippen LogP) is 2.84. The first-order chi connectivity index (χ1) is 16.7. The van der Waals surface area contributed by atoms with E-state index in [0.29, 0.717) is 30.0 Å². The van der Waals surface area contributed by atoms with Crippen molar-refractivity contribution in [3.8, 4) is 0 Å². The number of pyridine rings is 2. The molecule has 4 rings (SSSR count). The molecule has 2 saturated heterocycles. The van der Waals surface area contributed by atoms with E-state index in [1.54, 1.807) is 11.0 Å². The van der Waals surface area contributed by atoms with Gasteiger partial charge in [0.25, 0.3) is 0 Å². The van der Waals surface area contributed by atoms with Crippen molar-refractivity contribution in [2.24, 2.45) is 5.92 Å². The number of piperidine rings is 2. The van der Waals surface area contributed by atoms with Gasteiger partial charge in [-0.25, -0.2) is 9.97 Å². The van der Waals surface area contributed by atoms with Crippen LogP contribution in [0.1, 0.15) is 49.8 Å². The molecule has 1 unspecified atom stereocenters. The van der Waals surface area contributed by atoms with Gasteiger partial charge in [0.15, 0.2) is 0 Å². The number of hydrogen-bond donors (Lipinski definition) is 2. The zero-order valence-corrected chi connectivity index (χ0v) is 21.2. The van der Waals surface area contributed by atoms with E-state index >= 15 is 0 Å². The molecule has 2 aliphatic heterocycles. The first-order valence-corrected chi connectivity index (χ1v) is 12.4. The van der Waals surface area contributed by atoms with Crippen LogP contribution in [0.25, 0.3) is 0 Å². The van der Waals surface area contributed by atoms with Crippen molar-refractivity contribution >= 4 is 29.1 Å². The van der Waals surface area contributed by atoms with Crippen LogP contribution in [0.3, 0.4) is 0 Å². The lowest BCUT2D eigenvalue weighted by Crippen LogP contribution is -2.46. The van der Waals surface area contributed by atoms with Crippen LogP contribution in [0.4, 0.5) is 17.3 Å². The Labute approximate surface area is 207 Å². The molecule has 2 fully saturated rings. The Morgan fingerprint density at radius 2 is 1.86 bits per heavy atom. The zero-order valence-electron chi connectivity index (χ0n) is 21.2. The highest BCUT2D eigenvalue weighted by Crippen LogP contribution is 2.34. The van der Waals surface area contributed by atoms with Crippen LogP contribution in [0, 0.1) is 12.8 Å². The largest absolute Gasteiger partial charge is 0.383 e. The van der Waals surface area contributed by atoms with E-state index in [1.165, 1.54) is 6.20 Å². The second-order valence-electron chi connectivity index (χ2n) is 10.1. The fourth-order valence-electron chi connectivity index (χ4n) is 5.06. The molecule has 0 aromatic carbocycles. The highest BCUT2D eigenvalue weighted by atomic mass is 16.2. The number of nitrogens with one attached hydrogen (secondary N) is 1. The molecule has 0 spiro atoms. The molecule has 188 valence electrons. The van der Waals surface area contributed by atoms with Gasteiger partial charge in [-0.05, 0) is 81.9 Å². The quantitative estimate of drug-likeness (QED) is 0.649. The van der Waals surface area contributed by atoms with Crippen molar-refractivity contribution in [2.45, 2.75) is 51.6 Å². The lowest BCUT2D eigenvalue weighted by Gasteiger charge is -2.39. The molecule has 0 bridgehead atoms. The first kappa shape index (κ1) is 24.9. The van der Waals surface area contributed by atoms with Gasteiger partial charge in [0.1, 0.15) is 11.6 Å². The number of rotatable bonds is 4. The van der Waals surface area contributed by atoms with Gasteiger partial charge in [0.05, 0.1) is 17.9 Å². The Morgan fingerprint density at radius 3 is 2.51 bits per heavy atom. The molecule has 0 saturated carbocycles. The van der Waals surface area contributed by atoms with Crippen molar-refractivity contribution < 1.29 is 9.59 Å². The van der Waals surface area contributed by atoms with Gasteiger partial charge >= 0.3 is 11.8 Å². The predicted molar refractivity (Wildman–Crippen MR) is 138 cm³/mol. The summed E-state index contributed by atoms with van der Waals surface area (Å²) >= 11 is 0. The van der Waals surface area contributed by atoms with E-state index < -0.39 is 11.8 Å². The maximum Gasteiger partial charge on any atom is 0.313 e. The lowest BCUT2D eigenvalue weighted by molar-refractivity contribution is -0.146. The van der Waals surface area contributed by atoms with Crippen molar-refractivity contribution in [3.05, 3.63) is 41.7 Å². The highest BCUT2D eigenvalue weighted by Gasteiger charge is 2.34. The van der Waals surface area contributed by atoms with E-state index in [4.69, 9.17) is 10.7 Å². The Morgan fingerprint density at radius 1 is 1.11 bits per heavy atom. The molecule has 3 N–H and O–H groups in total. The number of amides is 2. The smallest absolute Gasteiger partial charge is 0.313 e. The third-order valence-corrected chi connectivity index (χ3v) is 7.40. The second-order valence-corrected chi connectivity index (χ2v) is 10.1. The van der Waals surface area contributed by atoms with Crippen molar-refractivity contribution in [2.75, 3.05) is 49.7 Å². The number of aromatic nitrogens is 2. The van der Waals surface area contributed by atoms with Gasteiger partial charge in [-0.1, -0.05) is 13.0 Å². The summed E-state index contributed by atoms with van der Waals surface area (Å²) in [4.78, 5) is 41.2. The summed E-state index contributed by atoms with van der Waals surface area (Å²) in [5.41, 5.74) is 7.93. The first-order valence-electron chi connectivity index (χ1n) is 12.4. The van der Waals surface area contributed by atoms with Gasteiger partial charge in [-0.3, -0.25) is 9.59 Å². The summed E-state index contributed by atoms with van der Waals surface area (Å²) in [5.74, 6) is 0.461. The van der Waals surface area contributed by atoms with E-state index in [0.717, 1.165) is 55.7 Å². The number of nitrogens with zero attached hydrogens (tertiary/aromatic N) is 5. The monoisotopic (exact) mass is 479 g/mol. The summed E-state index contributed by atoms with van der Waals surface area (Å²) < 4.78 is 0. The molecular formula is C26H37N7O2. The normalized spacial score (nSPS) is 21.5. The van der Waals surface area contributed by atoms with Crippen molar-refractivity contribution in [1.82, 2.24) is 19.8 Å². The number of anilines is 3. The average molecular weight is 480 g/mol. The Hall–Kier alpha value is -3.20. The topological polar surface area (TPSA) is 108 Å². The van der Waals surface area contributed by atoms with Crippen LogP contribution in [0.2, 0.25) is 0 Å². The van der Waals surface area contributed by atoms with Gasteiger partial charge in [-0.15, -0.1) is 0 Å². The molecule has 2 aromatic heterocycles. The maximum atomic E-state index is 13.2. The fourth-order valence-corrected chi connectivity index (χ4v) is 5.06. The maximum absolute atomic E-state index is 13.2. The van der Waals surface area contributed by atoms with Crippen LogP contribution in [0.5, 0.6) is 0 Å². The summed E-state index contributed by atoms with van der Waals surface area (Å²) in [6.45, 7) is 6.65. The number of hydrogen-bond acceptors (Lipinski definition) is 7. The number of carbonyl (C=O) groups excluding carboxylic acids is 2. The molecule has 2 aromatic rings. The lowest BCUT2D eigenvalue weighted by atomic mass is 9.90. The van der Waals surface area contributed by atoms with E-state index in [2.05, 4.69) is 47.2 Å². The Balaban J connectivity index is 1.47.